The second-order valence-corrected chi connectivity index (χ2v) is 4.28. The minimum atomic E-state index is -3.80. The highest BCUT2D eigenvalue weighted by Gasteiger charge is 2.03. The van der Waals surface area contributed by atoms with Gasteiger partial charge >= 0.3 is 5.97 Å². The number of nitrogens with one attached hydrogen (secondary N) is 1. The molecule has 0 unspecified atom stereocenters. The first kappa shape index (κ1) is 17.0. The smallest absolute Gasteiger partial charge is 0.323 e. The van der Waals surface area contributed by atoms with Crippen LogP contribution in [0, 0.1) is 5.41 Å². The van der Waals surface area contributed by atoms with Crippen molar-refractivity contribution in [3.63, 3.8) is 0 Å². The maximum absolute atomic E-state index is 9.92. The molecule has 0 amide bonds. The van der Waals surface area contributed by atoms with Crippen LogP contribution in [0.25, 0.3) is 0 Å². The summed E-state index contributed by atoms with van der Waals surface area (Å²) in [6.45, 7) is -0.256. The predicted molar refractivity (Wildman–Crippen MR) is 57.6 cm³/mol. The lowest BCUT2D eigenvalue weighted by molar-refractivity contribution is -0.137. The van der Waals surface area contributed by atoms with Crippen molar-refractivity contribution in [2.24, 2.45) is 11.5 Å². The summed E-state index contributed by atoms with van der Waals surface area (Å²) in [5.74, 6) is -1.59. The normalized spacial score (nSPS) is 9.94. The molecule has 0 atom stereocenters. The van der Waals surface area contributed by atoms with E-state index in [-0.39, 0.29) is 24.8 Å². The fraction of sp³-hybridized carbons (Fsp3) is 0.667. The van der Waals surface area contributed by atoms with E-state index < -0.39 is 16.1 Å². The molecule has 0 aromatic rings. The first-order chi connectivity index (χ1) is 7.10. The van der Waals surface area contributed by atoms with Gasteiger partial charge in [-0.1, -0.05) is 0 Å². The molecule has 0 radical (unpaired) electrons. The minimum absolute atomic E-state index is 0.0289. The van der Waals surface area contributed by atoms with Crippen LogP contribution >= 0.6 is 0 Å². The van der Waals surface area contributed by atoms with Gasteiger partial charge in [0.25, 0.3) is 10.1 Å². The number of carbonyl (C=O) groups is 1. The lowest BCUT2D eigenvalue weighted by atomic mass is 10.6. The second kappa shape index (κ2) is 7.84. The number of carboxylic acid groups (broad SMARTS) is 1. The van der Waals surface area contributed by atoms with Crippen LogP contribution < -0.4 is 11.5 Å². The minimum Gasteiger partial charge on any atom is -0.480 e. The fourth-order valence-corrected chi connectivity index (χ4v) is 0.735. The van der Waals surface area contributed by atoms with Crippen LogP contribution in [-0.2, 0) is 14.9 Å². The van der Waals surface area contributed by atoms with E-state index in [0.29, 0.717) is 0 Å². The Morgan fingerprint density at radius 3 is 2.00 bits per heavy atom. The van der Waals surface area contributed by atoms with Gasteiger partial charge in [-0.3, -0.25) is 14.8 Å². The zero-order valence-electron chi connectivity index (χ0n) is 8.75. The number of likely N-dealkylation sites (N-methyl/N-ethyl adjacent to an activating group) is 1. The van der Waals surface area contributed by atoms with E-state index >= 15 is 0 Å². The summed E-state index contributed by atoms with van der Waals surface area (Å²) in [6.07, 6.45) is 0. The topological polar surface area (TPSA) is 171 Å². The van der Waals surface area contributed by atoms with Gasteiger partial charge in [0.05, 0.1) is 5.75 Å². The molecule has 0 fully saturated rings. The first-order valence-electron chi connectivity index (χ1n) is 4.02. The Morgan fingerprint density at radius 1 is 1.50 bits per heavy atom. The molecule has 0 aliphatic heterocycles. The molecular formula is C6H16N4O5S. The molecule has 0 aliphatic rings. The average molecular weight is 256 g/mol. The summed E-state index contributed by atoms with van der Waals surface area (Å²) < 4.78 is 27.3. The van der Waals surface area contributed by atoms with Crippen molar-refractivity contribution in [1.29, 1.82) is 5.41 Å². The number of carboxylic acids is 1. The highest BCUT2D eigenvalue weighted by atomic mass is 32.2. The number of nitrogens with zero attached hydrogens (tertiary/aromatic N) is 1. The van der Waals surface area contributed by atoms with Crippen molar-refractivity contribution in [2.75, 3.05) is 25.9 Å². The molecule has 0 saturated carbocycles. The summed E-state index contributed by atoms with van der Waals surface area (Å²) in [6, 6.07) is 0. The average Bonchev–Trinajstić information content (AvgIpc) is 2.01. The summed E-state index contributed by atoms with van der Waals surface area (Å²) in [7, 11) is -2.36. The largest absolute Gasteiger partial charge is 0.480 e. The van der Waals surface area contributed by atoms with Crippen LogP contribution in [0.3, 0.4) is 0 Å². The van der Waals surface area contributed by atoms with E-state index in [2.05, 4.69) is 0 Å². The molecule has 0 aromatic carbocycles. The number of hydrogen-bond acceptors (Lipinski definition) is 5. The fourth-order valence-electron chi connectivity index (χ4n) is 0.437. The predicted octanol–water partition coefficient (Wildman–Crippen LogP) is -2.27. The zero-order valence-corrected chi connectivity index (χ0v) is 9.57. The van der Waals surface area contributed by atoms with Crippen LogP contribution in [0.4, 0.5) is 0 Å². The molecule has 7 N–H and O–H groups in total. The van der Waals surface area contributed by atoms with Gasteiger partial charge in [0.15, 0.2) is 5.96 Å². The van der Waals surface area contributed by atoms with Gasteiger partial charge in [0.1, 0.15) is 6.54 Å². The molecule has 0 bridgehead atoms. The van der Waals surface area contributed by atoms with Gasteiger partial charge in [-0.05, 0) is 0 Å². The van der Waals surface area contributed by atoms with E-state index in [4.69, 9.17) is 26.5 Å². The number of hydrogen-bond donors (Lipinski definition) is 5. The Balaban J connectivity index is 0. The second-order valence-electron chi connectivity index (χ2n) is 2.71. The van der Waals surface area contributed by atoms with Gasteiger partial charge < -0.3 is 21.5 Å². The molecule has 0 aliphatic carbocycles. The third kappa shape index (κ3) is 15.1. The van der Waals surface area contributed by atoms with Gasteiger partial charge in [-0.25, -0.2) is 0 Å². The Labute approximate surface area is 93.3 Å². The number of guanidine groups is 1. The highest BCUT2D eigenvalue weighted by molar-refractivity contribution is 7.85. The van der Waals surface area contributed by atoms with E-state index in [1.165, 1.54) is 7.05 Å². The van der Waals surface area contributed by atoms with E-state index in [1.807, 2.05) is 0 Å². The maximum Gasteiger partial charge on any atom is 0.323 e. The highest BCUT2D eigenvalue weighted by Crippen LogP contribution is 1.76. The molecule has 16 heavy (non-hydrogen) atoms. The molecule has 96 valence electrons. The van der Waals surface area contributed by atoms with Gasteiger partial charge in [-0.15, -0.1) is 0 Å². The van der Waals surface area contributed by atoms with Crippen LogP contribution in [0.5, 0.6) is 0 Å². The van der Waals surface area contributed by atoms with Crippen LogP contribution in [-0.4, -0.2) is 60.8 Å². The molecule has 10 heteroatoms. The Kier molecular flexibility index (Phi) is 8.34. The summed E-state index contributed by atoms with van der Waals surface area (Å²) in [4.78, 5) is 11.0. The van der Waals surface area contributed by atoms with Crippen molar-refractivity contribution in [3.05, 3.63) is 0 Å². The third-order valence-electron chi connectivity index (χ3n) is 1.16. The molecule has 0 saturated heterocycles. The molecule has 9 nitrogen and oxygen atoms in total. The number of aliphatic carboxylic acids is 1. The van der Waals surface area contributed by atoms with Crippen molar-refractivity contribution < 1.29 is 22.9 Å². The first-order valence-corrected chi connectivity index (χ1v) is 5.63. The van der Waals surface area contributed by atoms with Crippen molar-refractivity contribution >= 4 is 22.0 Å². The standard InChI is InChI=1S/C4H9N3O2.C2H7NO3S/c1-7(4(5)6)2-3(8)9;3-1-2-7(4,5)6/h2H2,1H3,(H3,5,6)(H,8,9);1-3H2,(H,4,5,6). The molecule has 0 heterocycles. The lowest BCUT2D eigenvalue weighted by Crippen LogP contribution is -2.36. The Bertz CT molecular complexity index is 328. The molecule has 0 rings (SSSR count). The lowest BCUT2D eigenvalue weighted by Gasteiger charge is -2.12. The van der Waals surface area contributed by atoms with Gasteiger partial charge in [-0.2, -0.15) is 8.42 Å². The van der Waals surface area contributed by atoms with Gasteiger partial charge in [0.2, 0.25) is 0 Å². The summed E-state index contributed by atoms with van der Waals surface area (Å²) in [5.41, 5.74) is 9.71. The number of nitrogens with two attached hydrogens (primary N) is 2. The SMILES string of the molecule is CN(CC(=O)O)C(=N)N.NCCS(=O)(=O)O. The quantitative estimate of drug-likeness (QED) is 0.213. The zero-order chi connectivity index (χ0) is 13.4. The Hall–Kier alpha value is -1.39. The van der Waals surface area contributed by atoms with E-state index in [9.17, 15) is 13.2 Å². The molecular weight excluding hydrogens is 240 g/mol. The van der Waals surface area contributed by atoms with Crippen molar-refractivity contribution in [1.82, 2.24) is 4.90 Å². The summed E-state index contributed by atoms with van der Waals surface area (Å²) >= 11 is 0. The number of rotatable bonds is 4. The van der Waals surface area contributed by atoms with E-state index in [0.717, 1.165) is 4.90 Å². The monoisotopic (exact) mass is 256 g/mol. The Morgan fingerprint density at radius 2 is 1.94 bits per heavy atom. The van der Waals surface area contributed by atoms with Crippen LogP contribution in [0.2, 0.25) is 0 Å². The van der Waals surface area contributed by atoms with Crippen LogP contribution in [0.1, 0.15) is 0 Å². The van der Waals surface area contributed by atoms with Crippen LogP contribution in [0.15, 0.2) is 0 Å². The van der Waals surface area contributed by atoms with Crippen molar-refractivity contribution in [3.8, 4) is 0 Å². The van der Waals surface area contributed by atoms with Crippen molar-refractivity contribution in [2.45, 2.75) is 0 Å². The van der Waals surface area contributed by atoms with E-state index in [1.54, 1.807) is 0 Å². The molecule has 0 aromatic heterocycles. The van der Waals surface area contributed by atoms with Gasteiger partial charge in [0, 0.05) is 13.6 Å². The molecule has 0 spiro atoms. The summed E-state index contributed by atoms with van der Waals surface area (Å²) in [5, 5.41) is 14.9. The third-order valence-corrected chi connectivity index (χ3v) is 1.91. The maximum atomic E-state index is 9.92.